The van der Waals surface area contributed by atoms with E-state index in [1.165, 1.54) is 24.3 Å². The van der Waals surface area contributed by atoms with E-state index in [1.54, 1.807) is 6.92 Å². The fourth-order valence-electron chi connectivity index (χ4n) is 3.68. The summed E-state index contributed by atoms with van der Waals surface area (Å²) in [7, 11) is -25.8. The van der Waals surface area contributed by atoms with Gasteiger partial charge >= 0.3 is 10.4 Å². The zero-order valence-corrected chi connectivity index (χ0v) is 25.8. The Kier molecular flexibility index (Phi) is 9.76. The van der Waals surface area contributed by atoms with E-state index in [1.807, 2.05) is 0 Å². The van der Waals surface area contributed by atoms with E-state index in [4.69, 9.17) is 9.11 Å². The van der Waals surface area contributed by atoms with E-state index in [0.717, 1.165) is 0 Å². The third-order valence-electron chi connectivity index (χ3n) is 5.43. The number of nitrogens with one attached hydrogen (secondary N) is 1. The normalized spacial score (nSPS) is 13.5. The number of rotatable bonds is 12. The third kappa shape index (κ3) is 8.87. The van der Waals surface area contributed by atoms with Crippen LogP contribution in [0.2, 0.25) is 0 Å². The largest absolute Gasteiger partial charge is 0.507 e. The Bertz CT molecular complexity index is 2230. The molecule has 24 heteroatoms. The van der Waals surface area contributed by atoms with Crippen LogP contribution in [-0.2, 0) is 54.8 Å². The molecule has 0 heterocycles. The molecular weight excluding hydrogens is 699 g/mol. The number of phenols is 1. The van der Waals surface area contributed by atoms with E-state index < -0.39 is 89.2 Å². The molecule has 0 fully saturated rings. The lowest BCUT2D eigenvalue weighted by Crippen LogP contribution is -2.18. The number of hydrogen-bond acceptors (Lipinski definition) is 15. The van der Waals surface area contributed by atoms with Crippen molar-refractivity contribution in [2.24, 2.45) is 10.2 Å². The van der Waals surface area contributed by atoms with Crippen LogP contribution in [0.1, 0.15) is 5.56 Å². The predicted molar refractivity (Wildman–Crippen MR) is 150 cm³/mol. The fraction of sp³-hybridized carbons (Fsp3) is 0.200. The maximum atomic E-state index is 12.9. The number of fused-ring (bicyclic) bond motifs is 1. The molecule has 0 aliphatic rings. The van der Waals surface area contributed by atoms with Gasteiger partial charge in [0.15, 0.2) is 9.84 Å². The molecular formula is C20H21N3O16S5. The van der Waals surface area contributed by atoms with Gasteiger partial charge in [-0.3, -0.25) is 18.2 Å². The van der Waals surface area contributed by atoms with Gasteiger partial charge in [0.05, 0.1) is 22.9 Å². The summed E-state index contributed by atoms with van der Waals surface area (Å²) >= 11 is 0. The topological polar surface area (TPSA) is 318 Å². The van der Waals surface area contributed by atoms with Crippen LogP contribution in [0.4, 0.5) is 17.1 Å². The summed E-state index contributed by atoms with van der Waals surface area (Å²) in [6.45, 7) is 0.288. The van der Waals surface area contributed by atoms with Gasteiger partial charge in [-0.05, 0) is 48.9 Å². The molecule has 0 spiro atoms. The van der Waals surface area contributed by atoms with Crippen molar-refractivity contribution in [2.75, 3.05) is 23.6 Å². The van der Waals surface area contributed by atoms with Gasteiger partial charge in [-0.15, -0.1) is 10.2 Å². The summed E-state index contributed by atoms with van der Waals surface area (Å²) in [5.74, 6) is -2.69. The van der Waals surface area contributed by atoms with Crippen LogP contribution in [0.5, 0.6) is 5.75 Å². The predicted octanol–water partition coefficient (Wildman–Crippen LogP) is 1.61. The van der Waals surface area contributed by atoms with Gasteiger partial charge in [0.1, 0.15) is 32.8 Å². The molecule has 0 aliphatic heterocycles. The fourth-order valence-corrected chi connectivity index (χ4v) is 7.58. The maximum Gasteiger partial charge on any atom is 0.397 e. The number of benzene rings is 3. The standard InChI is InChI=1S/C20H21N3O16S5/c1-11-6-13-12(16(24)7-11)2-3-14(21-10-41(27,28)29)20(13)23-22-15-8-18(40(25,26)5-4-39-44(36,37)38)19(43(33,34)35)9-17(15)42(30,31)32/h2-3,6-9,21,24H,4-5,10H2,1H3,(H,27,28,29)(H,30,31,32)(H,33,34,35)(H,36,37,38). The molecule has 6 N–H and O–H groups in total. The van der Waals surface area contributed by atoms with Gasteiger partial charge in [-0.2, -0.15) is 33.7 Å². The Labute approximate surface area is 250 Å². The number of nitrogens with zero attached hydrogens (tertiary/aromatic N) is 2. The number of anilines is 1. The summed E-state index contributed by atoms with van der Waals surface area (Å²) in [5.41, 5.74) is -1.11. The monoisotopic (exact) mass is 719 g/mol. The summed E-state index contributed by atoms with van der Waals surface area (Å²) in [6.07, 6.45) is 0. The number of azo groups is 1. The van der Waals surface area contributed by atoms with E-state index in [-0.39, 0.29) is 40.0 Å². The van der Waals surface area contributed by atoms with Crippen molar-refractivity contribution in [3.05, 3.63) is 42.0 Å². The van der Waals surface area contributed by atoms with E-state index >= 15 is 0 Å². The van der Waals surface area contributed by atoms with Crippen molar-refractivity contribution in [1.29, 1.82) is 0 Å². The SMILES string of the molecule is Cc1cc(O)c2ccc(NCS(=O)(=O)O)c(N=Nc3cc(S(=O)(=O)CCOS(=O)(=O)O)c(S(=O)(=O)O)cc3S(=O)(=O)O)c2c1. The highest BCUT2D eigenvalue weighted by atomic mass is 32.3. The van der Waals surface area contributed by atoms with Gasteiger partial charge in [0, 0.05) is 10.8 Å². The second-order valence-corrected chi connectivity index (χ2v) is 16.1. The molecule has 3 rings (SSSR count). The van der Waals surface area contributed by atoms with Crippen LogP contribution in [0.25, 0.3) is 10.8 Å². The summed E-state index contributed by atoms with van der Waals surface area (Å²) < 4.78 is 159. The van der Waals surface area contributed by atoms with E-state index in [9.17, 15) is 56.3 Å². The van der Waals surface area contributed by atoms with E-state index in [0.29, 0.717) is 5.56 Å². The average Bonchev–Trinajstić information content (AvgIpc) is 2.83. The Morgan fingerprint density at radius 3 is 1.91 bits per heavy atom. The van der Waals surface area contributed by atoms with Gasteiger partial charge in [0.2, 0.25) is 0 Å². The molecule has 19 nitrogen and oxygen atoms in total. The minimum atomic E-state index is -5.56. The second-order valence-electron chi connectivity index (χ2n) is 8.73. The van der Waals surface area contributed by atoms with Crippen LogP contribution >= 0.6 is 0 Å². The molecule has 0 aliphatic carbocycles. The lowest BCUT2D eigenvalue weighted by Gasteiger charge is -2.13. The first-order chi connectivity index (χ1) is 19.9. The average molecular weight is 720 g/mol. The van der Waals surface area contributed by atoms with Gasteiger partial charge in [-0.1, -0.05) is 0 Å². The highest BCUT2D eigenvalue weighted by Crippen LogP contribution is 2.41. The van der Waals surface area contributed by atoms with Crippen molar-refractivity contribution in [1.82, 2.24) is 0 Å². The summed E-state index contributed by atoms with van der Waals surface area (Å²) in [4.78, 5) is -4.30. The second kappa shape index (κ2) is 12.2. The van der Waals surface area contributed by atoms with Crippen molar-refractivity contribution in [3.63, 3.8) is 0 Å². The molecule has 0 unspecified atom stereocenters. The molecule has 242 valence electrons. The van der Waals surface area contributed by atoms with Gasteiger partial charge in [0.25, 0.3) is 30.4 Å². The van der Waals surface area contributed by atoms with Crippen LogP contribution in [0, 0.1) is 6.92 Å². The van der Waals surface area contributed by atoms with Crippen LogP contribution in [0.15, 0.2) is 61.3 Å². The lowest BCUT2D eigenvalue weighted by atomic mass is 10.0. The van der Waals surface area contributed by atoms with Crippen molar-refractivity contribution in [3.8, 4) is 5.75 Å². The molecule has 0 radical (unpaired) electrons. The first kappa shape index (κ1) is 35.2. The quantitative estimate of drug-likeness (QED) is 0.114. The minimum absolute atomic E-state index is 0.0338. The Balaban J connectivity index is 2.35. The number of hydrogen-bond donors (Lipinski definition) is 6. The minimum Gasteiger partial charge on any atom is -0.507 e. The zero-order valence-electron chi connectivity index (χ0n) is 21.7. The zero-order chi connectivity index (χ0) is 33.5. The summed E-state index contributed by atoms with van der Waals surface area (Å²) in [5, 5.41) is 20.3. The van der Waals surface area contributed by atoms with Crippen LogP contribution < -0.4 is 5.32 Å². The molecule has 3 aromatic carbocycles. The smallest absolute Gasteiger partial charge is 0.397 e. The number of sulfone groups is 1. The molecule has 0 saturated heterocycles. The van der Waals surface area contributed by atoms with Crippen LogP contribution in [-0.4, -0.2) is 83.6 Å². The van der Waals surface area contributed by atoms with Crippen molar-refractivity contribution < 1.29 is 69.6 Å². The molecule has 0 amide bonds. The van der Waals surface area contributed by atoms with E-state index in [2.05, 4.69) is 19.7 Å². The number of aromatic hydroxyl groups is 1. The Morgan fingerprint density at radius 1 is 0.750 bits per heavy atom. The van der Waals surface area contributed by atoms with Crippen molar-refractivity contribution in [2.45, 2.75) is 21.6 Å². The Morgan fingerprint density at radius 2 is 1.36 bits per heavy atom. The van der Waals surface area contributed by atoms with Gasteiger partial charge < -0.3 is 10.4 Å². The first-order valence-corrected chi connectivity index (χ1v) is 18.7. The number of aryl methyl sites for hydroxylation is 1. The third-order valence-corrected chi connectivity index (χ3v) is 10.0. The number of phenolic OH excluding ortho intramolecular Hbond substituents is 1. The van der Waals surface area contributed by atoms with Gasteiger partial charge in [-0.25, -0.2) is 12.6 Å². The molecule has 0 aromatic heterocycles. The maximum absolute atomic E-state index is 12.9. The highest BCUT2D eigenvalue weighted by molar-refractivity contribution is 7.93. The lowest BCUT2D eigenvalue weighted by molar-refractivity contribution is 0.283. The van der Waals surface area contributed by atoms with Crippen LogP contribution in [0.3, 0.4) is 0 Å². The Hall–Kier alpha value is -3.33. The molecule has 44 heavy (non-hydrogen) atoms. The summed E-state index contributed by atoms with van der Waals surface area (Å²) in [6, 6.07) is 5.58. The molecule has 0 bridgehead atoms. The molecule has 3 aromatic rings. The molecule has 0 saturated carbocycles. The highest BCUT2D eigenvalue weighted by Gasteiger charge is 2.31. The first-order valence-electron chi connectivity index (χ1n) is 11.2. The van der Waals surface area contributed by atoms with Crippen molar-refractivity contribution >= 4 is 78.4 Å². The molecule has 0 atom stereocenters.